The fourth-order valence-corrected chi connectivity index (χ4v) is 2.13. The first kappa shape index (κ1) is 16.2. The molecule has 0 aliphatic carbocycles. The Balaban J connectivity index is 3.28. The minimum Gasteiger partial charge on any atom is -0.465 e. The third-order valence-corrected chi connectivity index (χ3v) is 3.28. The number of hydrogen-bond acceptors (Lipinski definition) is 3. The molecule has 0 atom stereocenters. The van der Waals surface area contributed by atoms with Crippen LogP contribution in [0.3, 0.4) is 0 Å². The van der Waals surface area contributed by atoms with Crippen LogP contribution in [0.5, 0.6) is 0 Å². The molecule has 1 aromatic heterocycles. The maximum Gasteiger partial charge on any atom is 0.409 e. The number of hydrogen-bond donors (Lipinski definition) is 2. The van der Waals surface area contributed by atoms with E-state index in [0.717, 1.165) is 9.80 Å². The summed E-state index contributed by atoms with van der Waals surface area (Å²) in [4.78, 5) is 28.8. The van der Waals surface area contributed by atoms with Crippen molar-refractivity contribution in [3.8, 4) is 0 Å². The van der Waals surface area contributed by atoms with Crippen LogP contribution in [-0.4, -0.2) is 50.3 Å². The molecule has 0 fully saturated rings. The lowest BCUT2D eigenvalue weighted by Gasteiger charge is -2.35. The number of nitrogens with zero attached hydrogens (tertiary/aromatic N) is 3. The number of aromatic nitrogens is 1. The minimum atomic E-state index is -1.18. The molecule has 0 unspecified atom stereocenters. The third kappa shape index (κ3) is 3.60. The molecule has 110 valence electrons. The highest BCUT2D eigenvalue weighted by atomic mass is 79.9. The van der Waals surface area contributed by atoms with Crippen molar-refractivity contribution in [2.24, 2.45) is 0 Å². The van der Waals surface area contributed by atoms with Gasteiger partial charge in [0.25, 0.3) is 0 Å². The number of amides is 2. The van der Waals surface area contributed by atoms with Crippen molar-refractivity contribution in [1.29, 1.82) is 0 Å². The smallest absolute Gasteiger partial charge is 0.409 e. The van der Waals surface area contributed by atoms with Gasteiger partial charge in [0.05, 0.1) is 0 Å². The SMILES string of the molecule is CCN(C(=O)O)C(c1ccc(Br)nc1)N(CC)C(=O)O. The van der Waals surface area contributed by atoms with E-state index >= 15 is 0 Å². The molecule has 2 N–H and O–H groups in total. The van der Waals surface area contributed by atoms with Crippen molar-refractivity contribution in [3.63, 3.8) is 0 Å². The summed E-state index contributed by atoms with van der Waals surface area (Å²) in [6.07, 6.45) is -1.81. The van der Waals surface area contributed by atoms with Gasteiger partial charge in [-0.05, 0) is 35.8 Å². The summed E-state index contributed by atoms with van der Waals surface area (Å²) >= 11 is 3.19. The second-order valence-electron chi connectivity index (χ2n) is 3.93. The Bertz CT molecular complexity index is 458. The highest BCUT2D eigenvalue weighted by Gasteiger charge is 2.31. The van der Waals surface area contributed by atoms with Crippen LogP contribution in [0, 0.1) is 0 Å². The van der Waals surface area contributed by atoms with Gasteiger partial charge in [-0.3, -0.25) is 9.80 Å². The van der Waals surface area contributed by atoms with E-state index < -0.39 is 18.4 Å². The van der Waals surface area contributed by atoms with Gasteiger partial charge in [-0.25, -0.2) is 14.6 Å². The summed E-state index contributed by atoms with van der Waals surface area (Å²) < 4.78 is 0.594. The number of carbonyl (C=O) groups is 2. The zero-order valence-electron chi connectivity index (χ0n) is 11.2. The van der Waals surface area contributed by atoms with Crippen LogP contribution in [0.2, 0.25) is 0 Å². The zero-order valence-corrected chi connectivity index (χ0v) is 12.7. The van der Waals surface area contributed by atoms with Crippen LogP contribution in [0.4, 0.5) is 9.59 Å². The van der Waals surface area contributed by atoms with Crippen LogP contribution in [0.1, 0.15) is 25.6 Å². The van der Waals surface area contributed by atoms with Gasteiger partial charge in [0.1, 0.15) is 10.8 Å². The second-order valence-corrected chi connectivity index (χ2v) is 4.74. The van der Waals surface area contributed by atoms with Gasteiger partial charge in [0.2, 0.25) is 0 Å². The predicted molar refractivity (Wildman–Crippen MR) is 75.5 cm³/mol. The number of rotatable bonds is 5. The standard InChI is InChI=1S/C12H16BrN3O4/c1-3-15(11(17)18)10(16(4-2)12(19)20)8-5-6-9(13)14-7-8/h5-7,10H,3-4H2,1-2H3,(H,17,18)(H,19,20). The first-order valence-electron chi connectivity index (χ1n) is 6.02. The van der Waals surface area contributed by atoms with E-state index in [-0.39, 0.29) is 13.1 Å². The molecule has 0 saturated carbocycles. The van der Waals surface area contributed by atoms with Crippen molar-refractivity contribution in [2.75, 3.05) is 13.1 Å². The molecular formula is C12H16BrN3O4. The van der Waals surface area contributed by atoms with Gasteiger partial charge >= 0.3 is 12.2 Å². The van der Waals surface area contributed by atoms with Gasteiger partial charge < -0.3 is 10.2 Å². The molecule has 2 amide bonds. The highest BCUT2D eigenvalue weighted by molar-refractivity contribution is 9.10. The Hall–Kier alpha value is -1.83. The Morgan fingerprint density at radius 2 is 1.70 bits per heavy atom. The summed E-state index contributed by atoms with van der Waals surface area (Å²) in [5.74, 6) is 0. The molecule has 8 heteroatoms. The van der Waals surface area contributed by atoms with E-state index in [2.05, 4.69) is 20.9 Å². The number of pyridine rings is 1. The average Bonchev–Trinajstić information content (AvgIpc) is 2.39. The largest absolute Gasteiger partial charge is 0.465 e. The van der Waals surface area contributed by atoms with Crippen molar-refractivity contribution in [2.45, 2.75) is 20.0 Å². The van der Waals surface area contributed by atoms with Gasteiger partial charge in [-0.15, -0.1) is 0 Å². The molecule has 0 spiro atoms. The summed E-state index contributed by atoms with van der Waals surface area (Å²) in [5, 5.41) is 18.5. The summed E-state index contributed by atoms with van der Waals surface area (Å²) in [5.41, 5.74) is 0.502. The minimum absolute atomic E-state index is 0.167. The zero-order chi connectivity index (χ0) is 15.3. The highest BCUT2D eigenvalue weighted by Crippen LogP contribution is 2.25. The van der Waals surface area contributed by atoms with E-state index in [1.807, 2.05) is 0 Å². The molecule has 0 aliphatic rings. The lowest BCUT2D eigenvalue weighted by molar-refractivity contribution is 0.0481. The van der Waals surface area contributed by atoms with E-state index in [0.29, 0.717) is 10.2 Å². The quantitative estimate of drug-likeness (QED) is 0.632. The van der Waals surface area contributed by atoms with E-state index in [1.165, 1.54) is 6.20 Å². The van der Waals surface area contributed by atoms with Gasteiger partial charge in [0.15, 0.2) is 0 Å². The first-order valence-corrected chi connectivity index (χ1v) is 6.82. The average molecular weight is 346 g/mol. The lowest BCUT2D eigenvalue weighted by Crippen LogP contribution is -2.46. The van der Waals surface area contributed by atoms with Crippen LogP contribution in [-0.2, 0) is 0 Å². The van der Waals surface area contributed by atoms with Crippen LogP contribution < -0.4 is 0 Å². The second kappa shape index (κ2) is 7.09. The molecule has 1 aromatic rings. The Morgan fingerprint density at radius 3 is 2.00 bits per heavy atom. The van der Waals surface area contributed by atoms with Crippen LogP contribution in [0.15, 0.2) is 22.9 Å². The fourth-order valence-electron chi connectivity index (χ4n) is 1.89. The maximum atomic E-state index is 11.3. The fraction of sp³-hybridized carbons (Fsp3) is 0.417. The number of carboxylic acid groups (broad SMARTS) is 2. The van der Waals surface area contributed by atoms with Crippen molar-refractivity contribution >= 4 is 28.1 Å². The Morgan fingerprint density at radius 1 is 1.20 bits per heavy atom. The predicted octanol–water partition coefficient (Wildman–Crippen LogP) is 2.84. The monoisotopic (exact) mass is 345 g/mol. The molecule has 0 radical (unpaired) electrons. The van der Waals surface area contributed by atoms with Crippen LogP contribution >= 0.6 is 15.9 Å². The molecule has 1 rings (SSSR count). The van der Waals surface area contributed by atoms with Crippen molar-refractivity contribution in [3.05, 3.63) is 28.5 Å². The normalized spacial score (nSPS) is 10.4. The maximum absolute atomic E-state index is 11.3. The first-order chi connectivity index (χ1) is 9.42. The summed E-state index contributed by atoms with van der Waals surface area (Å²) in [7, 11) is 0. The van der Waals surface area contributed by atoms with Crippen molar-refractivity contribution in [1.82, 2.24) is 14.8 Å². The molecule has 0 saturated heterocycles. The molecule has 0 aliphatic heterocycles. The number of halogens is 1. The van der Waals surface area contributed by atoms with Crippen molar-refractivity contribution < 1.29 is 19.8 Å². The Labute approximate surface area is 125 Å². The van der Waals surface area contributed by atoms with E-state index in [1.54, 1.807) is 26.0 Å². The summed E-state index contributed by atoms with van der Waals surface area (Å²) in [6.45, 7) is 3.64. The topological polar surface area (TPSA) is 94.0 Å². The van der Waals surface area contributed by atoms with E-state index in [9.17, 15) is 19.8 Å². The Kier molecular flexibility index (Phi) is 5.75. The molecule has 20 heavy (non-hydrogen) atoms. The molecule has 1 heterocycles. The molecule has 0 bridgehead atoms. The van der Waals surface area contributed by atoms with E-state index in [4.69, 9.17) is 0 Å². The molecule has 7 nitrogen and oxygen atoms in total. The van der Waals surface area contributed by atoms with Gasteiger partial charge in [-0.1, -0.05) is 6.07 Å². The van der Waals surface area contributed by atoms with Crippen LogP contribution in [0.25, 0.3) is 0 Å². The lowest BCUT2D eigenvalue weighted by atomic mass is 10.2. The van der Waals surface area contributed by atoms with Gasteiger partial charge in [0, 0.05) is 24.8 Å². The molecular weight excluding hydrogens is 330 g/mol. The third-order valence-electron chi connectivity index (χ3n) is 2.81. The molecule has 0 aromatic carbocycles. The summed E-state index contributed by atoms with van der Waals surface area (Å²) in [6, 6.07) is 3.30. The van der Waals surface area contributed by atoms with Gasteiger partial charge in [-0.2, -0.15) is 0 Å².